The van der Waals surface area contributed by atoms with Gasteiger partial charge in [-0.2, -0.15) is 0 Å². The Labute approximate surface area is 190 Å². The van der Waals surface area contributed by atoms with Gasteiger partial charge in [-0.1, -0.05) is 12.6 Å². The molecule has 0 radical (unpaired) electrons. The normalized spacial score (nSPS) is 18.6. The quantitative estimate of drug-likeness (QED) is 0.379. The Bertz CT molecular complexity index is 844. The van der Waals surface area contributed by atoms with Gasteiger partial charge in [-0.3, -0.25) is 9.69 Å². The van der Waals surface area contributed by atoms with Crippen LogP contribution in [0.4, 0.5) is 0 Å². The largest absolute Gasteiger partial charge is 0.481 e. The summed E-state index contributed by atoms with van der Waals surface area (Å²) in [6, 6.07) is 3.42. The average Bonchev–Trinajstić information content (AvgIpc) is 2.77. The summed E-state index contributed by atoms with van der Waals surface area (Å²) in [5.41, 5.74) is 3.14. The molecule has 0 aliphatic carbocycles. The summed E-state index contributed by atoms with van der Waals surface area (Å²) in [4.78, 5) is 22.4. The third kappa shape index (κ3) is 6.64. The predicted molar refractivity (Wildman–Crippen MR) is 124 cm³/mol. The van der Waals surface area contributed by atoms with Crippen LogP contribution in [0.5, 0.6) is 5.88 Å². The van der Waals surface area contributed by atoms with E-state index in [1.807, 2.05) is 12.1 Å². The van der Waals surface area contributed by atoms with Gasteiger partial charge in [-0.15, -0.1) is 0 Å². The molecule has 0 amide bonds. The first kappa shape index (κ1) is 23.9. The summed E-state index contributed by atoms with van der Waals surface area (Å²) in [6.07, 6.45) is 7.59. The van der Waals surface area contributed by atoms with Crippen LogP contribution in [0.2, 0.25) is 0 Å². The maximum absolute atomic E-state index is 11.4. The highest BCUT2D eigenvalue weighted by atomic mass is 16.5. The van der Waals surface area contributed by atoms with Crippen molar-refractivity contribution in [3.63, 3.8) is 0 Å². The summed E-state index contributed by atoms with van der Waals surface area (Å²) in [5.74, 6) is 0.671. The molecule has 0 bridgehead atoms. The number of allylic oxidation sites excluding steroid dienone is 2. The number of aliphatic carboxylic acids is 1. The van der Waals surface area contributed by atoms with Crippen LogP contribution in [-0.4, -0.2) is 66.1 Å². The van der Waals surface area contributed by atoms with Crippen LogP contribution in [0, 0.1) is 0 Å². The van der Waals surface area contributed by atoms with Crippen molar-refractivity contribution in [2.75, 3.05) is 33.4 Å². The fraction of sp³-hybridized carbons (Fsp3) is 0.542. The zero-order chi connectivity index (χ0) is 22.9. The van der Waals surface area contributed by atoms with E-state index in [0.717, 1.165) is 49.3 Å². The van der Waals surface area contributed by atoms with Crippen LogP contribution in [0.25, 0.3) is 0 Å². The van der Waals surface area contributed by atoms with Crippen molar-refractivity contribution in [2.45, 2.75) is 51.2 Å². The Kier molecular flexibility index (Phi) is 8.81. The lowest BCUT2D eigenvalue weighted by Gasteiger charge is -2.43. The van der Waals surface area contributed by atoms with Gasteiger partial charge in [-0.25, -0.2) is 9.98 Å². The SMILES string of the molecule is C=CC(CCCOC1CN(C(CC(=O)O)c2ccc(OC)nc2)C1)=NC1=C(C)CCCN1. The van der Waals surface area contributed by atoms with Crippen molar-refractivity contribution < 1.29 is 19.4 Å². The van der Waals surface area contributed by atoms with E-state index in [9.17, 15) is 9.90 Å². The van der Waals surface area contributed by atoms with E-state index in [1.54, 1.807) is 19.4 Å². The van der Waals surface area contributed by atoms with E-state index in [2.05, 4.69) is 28.7 Å². The van der Waals surface area contributed by atoms with Crippen LogP contribution < -0.4 is 10.1 Å². The third-order valence-corrected chi connectivity index (χ3v) is 5.89. The first-order chi connectivity index (χ1) is 15.5. The maximum Gasteiger partial charge on any atom is 0.305 e. The molecule has 2 aliphatic rings. The number of pyridine rings is 1. The first-order valence-electron chi connectivity index (χ1n) is 11.2. The first-order valence-corrected chi connectivity index (χ1v) is 11.2. The Morgan fingerprint density at radius 2 is 2.28 bits per heavy atom. The van der Waals surface area contributed by atoms with E-state index >= 15 is 0 Å². The Morgan fingerprint density at radius 3 is 2.91 bits per heavy atom. The van der Waals surface area contributed by atoms with Crippen molar-refractivity contribution in [2.24, 2.45) is 4.99 Å². The van der Waals surface area contributed by atoms with Gasteiger partial charge in [0.05, 0.1) is 19.6 Å². The summed E-state index contributed by atoms with van der Waals surface area (Å²) < 4.78 is 11.1. The second-order valence-electron chi connectivity index (χ2n) is 8.26. The van der Waals surface area contributed by atoms with Crippen molar-refractivity contribution in [3.05, 3.63) is 47.9 Å². The van der Waals surface area contributed by atoms with Crippen LogP contribution in [0.15, 0.2) is 47.4 Å². The van der Waals surface area contributed by atoms with Crippen molar-refractivity contribution in [1.29, 1.82) is 0 Å². The number of hydrogen-bond acceptors (Lipinski definition) is 7. The molecular weight excluding hydrogens is 408 g/mol. The number of aliphatic imine (C=N–C) groups is 1. The minimum absolute atomic E-state index is 0.0309. The molecule has 1 unspecified atom stereocenters. The van der Waals surface area contributed by atoms with Crippen molar-refractivity contribution in [1.82, 2.24) is 15.2 Å². The highest BCUT2D eigenvalue weighted by Crippen LogP contribution is 2.30. The fourth-order valence-electron chi connectivity index (χ4n) is 3.98. The van der Waals surface area contributed by atoms with Gasteiger partial charge in [0.2, 0.25) is 5.88 Å². The molecule has 8 nitrogen and oxygen atoms in total. The molecule has 3 rings (SSSR count). The molecule has 1 saturated heterocycles. The van der Waals surface area contributed by atoms with E-state index in [0.29, 0.717) is 25.6 Å². The molecule has 3 heterocycles. The highest BCUT2D eigenvalue weighted by molar-refractivity contribution is 5.95. The van der Waals surface area contributed by atoms with Gasteiger partial charge in [-0.05, 0) is 49.8 Å². The van der Waals surface area contributed by atoms with E-state index in [1.165, 1.54) is 5.57 Å². The minimum atomic E-state index is -0.829. The number of aromatic nitrogens is 1. The van der Waals surface area contributed by atoms with Gasteiger partial charge < -0.3 is 19.9 Å². The van der Waals surface area contributed by atoms with Crippen LogP contribution >= 0.6 is 0 Å². The molecule has 1 atom stereocenters. The minimum Gasteiger partial charge on any atom is -0.481 e. The number of methoxy groups -OCH3 is 1. The molecule has 2 aliphatic heterocycles. The Hall–Kier alpha value is -2.71. The van der Waals surface area contributed by atoms with E-state index < -0.39 is 5.97 Å². The molecule has 2 N–H and O–H groups in total. The maximum atomic E-state index is 11.4. The number of ether oxygens (including phenoxy) is 2. The second-order valence-corrected chi connectivity index (χ2v) is 8.26. The molecular formula is C24H34N4O4. The summed E-state index contributed by atoms with van der Waals surface area (Å²) >= 11 is 0. The number of carbonyl (C=O) groups is 1. The summed E-state index contributed by atoms with van der Waals surface area (Å²) in [6.45, 7) is 9.05. The molecule has 1 aromatic rings. The molecule has 8 heteroatoms. The van der Waals surface area contributed by atoms with Crippen LogP contribution in [-0.2, 0) is 9.53 Å². The molecule has 174 valence electrons. The number of rotatable bonds is 12. The molecule has 1 fully saturated rings. The monoisotopic (exact) mass is 442 g/mol. The Morgan fingerprint density at radius 1 is 1.47 bits per heavy atom. The number of hydrogen-bond donors (Lipinski definition) is 2. The summed E-state index contributed by atoms with van der Waals surface area (Å²) in [7, 11) is 1.56. The van der Waals surface area contributed by atoms with Gasteiger partial charge in [0, 0.05) is 50.3 Å². The molecule has 0 aromatic carbocycles. The van der Waals surface area contributed by atoms with E-state index in [4.69, 9.17) is 14.5 Å². The molecule has 32 heavy (non-hydrogen) atoms. The molecule has 1 aromatic heterocycles. The topological polar surface area (TPSA) is 96.3 Å². The van der Waals surface area contributed by atoms with Crippen LogP contribution in [0.1, 0.15) is 50.6 Å². The number of likely N-dealkylation sites (tertiary alicyclic amines) is 1. The number of nitrogens with zero attached hydrogens (tertiary/aromatic N) is 3. The molecule has 0 spiro atoms. The lowest BCUT2D eigenvalue weighted by atomic mass is 9.99. The fourth-order valence-corrected chi connectivity index (χ4v) is 3.98. The lowest BCUT2D eigenvalue weighted by molar-refractivity contribution is -0.140. The zero-order valence-electron chi connectivity index (χ0n) is 19.0. The number of nitrogens with one attached hydrogen (secondary N) is 1. The third-order valence-electron chi connectivity index (χ3n) is 5.89. The van der Waals surface area contributed by atoms with Crippen molar-refractivity contribution >= 4 is 11.7 Å². The van der Waals surface area contributed by atoms with Gasteiger partial charge in [0.1, 0.15) is 5.82 Å². The predicted octanol–water partition coefficient (Wildman–Crippen LogP) is 3.33. The number of carboxylic acid groups (broad SMARTS) is 1. The van der Waals surface area contributed by atoms with E-state index in [-0.39, 0.29) is 18.6 Å². The highest BCUT2D eigenvalue weighted by Gasteiger charge is 2.35. The Balaban J connectivity index is 1.44. The standard InChI is InChI=1S/C24H34N4O4/c1-4-19(27-24-17(2)7-5-11-25-24)8-6-12-32-20-15-28(16-20)21(13-23(29)30)18-9-10-22(31-3)26-14-18/h4,9-10,14,20-21,25H,1,5-8,11-13,15-16H2,2-3H3,(H,29,30). The van der Waals surface area contributed by atoms with Gasteiger partial charge >= 0.3 is 5.97 Å². The number of carboxylic acids is 1. The van der Waals surface area contributed by atoms with Crippen molar-refractivity contribution in [3.8, 4) is 5.88 Å². The molecule has 0 saturated carbocycles. The van der Waals surface area contributed by atoms with Gasteiger partial charge in [0.25, 0.3) is 0 Å². The second kappa shape index (κ2) is 11.8. The lowest BCUT2D eigenvalue weighted by Crippen LogP contribution is -2.53. The van der Waals surface area contributed by atoms with Crippen LogP contribution in [0.3, 0.4) is 0 Å². The average molecular weight is 443 g/mol. The summed E-state index contributed by atoms with van der Waals surface area (Å²) in [5, 5.41) is 12.7. The van der Waals surface area contributed by atoms with Gasteiger partial charge in [0.15, 0.2) is 0 Å². The zero-order valence-corrected chi connectivity index (χ0v) is 19.0. The smallest absolute Gasteiger partial charge is 0.305 e.